The highest BCUT2D eigenvalue weighted by Gasteiger charge is 2.24. The highest BCUT2D eigenvalue weighted by molar-refractivity contribution is 4.83. The molecule has 1 rings (SSSR count). The lowest BCUT2D eigenvalue weighted by Gasteiger charge is -2.28. The lowest BCUT2D eigenvalue weighted by molar-refractivity contribution is 0.171. The second kappa shape index (κ2) is 1.19. The summed E-state index contributed by atoms with van der Waals surface area (Å²) in [6, 6.07) is 0.116. The van der Waals surface area contributed by atoms with Crippen LogP contribution in [0.4, 0.5) is 4.39 Å². The average Bonchev–Trinajstić information content (AvgIpc) is 1.61. The Hall–Kier alpha value is -0.110. The van der Waals surface area contributed by atoms with Crippen LogP contribution in [-0.2, 0) is 0 Å². The molecule has 6 heavy (non-hydrogen) atoms. The van der Waals surface area contributed by atoms with E-state index in [0.717, 1.165) is 0 Å². The third-order valence-electron chi connectivity index (χ3n) is 1.18. The molecule has 1 heterocycles. The standard InChI is InChI=1S/C4H8FN/c1-3-4(5)2-6-3/h3-4,6H,2H2,1H3/t3-,4+/m1/s1. The number of nitrogens with one attached hydrogen (secondary N) is 1. The van der Waals surface area contributed by atoms with E-state index in [4.69, 9.17) is 0 Å². The second-order valence-electron chi connectivity index (χ2n) is 1.71. The summed E-state index contributed by atoms with van der Waals surface area (Å²) in [5.74, 6) is 0. The number of hydrogen-bond acceptors (Lipinski definition) is 1. The van der Waals surface area contributed by atoms with E-state index in [9.17, 15) is 4.39 Å². The van der Waals surface area contributed by atoms with Gasteiger partial charge in [0.25, 0.3) is 0 Å². The van der Waals surface area contributed by atoms with Crippen molar-refractivity contribution >= 4 is 0 Å². The van der Waals surface area contributed by atoms with Crippen molar-refractivity contribution in [3.05, 3.63) is 0 Å². The Bertz CT molecular complexity index is 47.5. The molecule has 36 valence electrons. The van der Waals surface area contributed by atoms with Gasteiger partial charge in [-0.3, -0.25) is 0 Å². The molecule has 0 aromatic heterocycles. The largest absolute Gasteiger partial charge is 0.308 e. The molecular weight excluding hydrogens is 81.0 g/mol. The van der Waals surface area contributed by atoms with Crippen molar-refractivity contribution in [3.63, 3.8) is 0 Å². The Morgan fingerprint density at radius 3 is 2.33 bits per heavy atom. The summed E-state index contributed by atoms with van der Waals surface area (Å²) in [7, 11) is 0. The van der Waals surface area contributed by atoms with Crippen LogP contribution in [0.2, 0.25) is 0 Å². The molecule has 0 aromatic rings. The Morgan fingerprint density at radius 1 is 1.83 bits per heavy atom. The van der Waals surface area contributed by atoms with Crippen molar-refractivity contribution in [2.45, 2.75) is 19.1 Å². The first-order chi connectivity index (χ1) is 2.80. The van der Waals surface area contributed by atoms with E-state index in [-0.39, 0.29) is 6.04 Å². The molecular formula is C4H8FN. The molecule has 2 heteroatoms. The van der Waals surface area contributed by atoms with E-state index in [1.807, 2.05) is 6.92 Å². The zero-order valence-corrected chi connectivity index (χ0v) is 3.74. The van der Waals surface area contributed by atoms with Gasteiger partial charge in [-0.05, 0) is 6.92 Å². The van der Waals surface area contributed by atoms with Crippen LogP contribution < -0.4 is 5.32 Å². The minimum atomic E-state index is -0.579. The zero-order chi connectivity index (χ0) is 4.57. The first kappa shape index (κ1) is 4.06. The maximum absolute atomic E-state index is 11.8. The smallest absolute Gasteiger partial charge is 0.127 e. The number of hydrogen-bond donors (Lipinski definition) is 1. The number of alkyl halides is 1. The number of halogens is 1. The van der Waals surface area contributed by atoms with Crippen molar-refractivity contribution in [1.29, 1.82) is 0 Å². The molecule has 0 saturated carbocycles. The summed E-state index contributed by atoms with van der Waals surface area (Å²) in [5.41, 5.74) is 0. The van der Waals surface area contributed by atoms with Gasteiger partial charge in [0.05, 0.1) is 0 Å². The third kappa shape index (κ3) is 0.411. The van der Waals surface area contributed by atoms with Crippen LogP contribution in [0.25, 0.3) is 0 Å². The number of rotatable bonds is 0. The van der Waals surface area contributed by atoms with Crippen molar-refractivity contribution in [1.82, 2.24) is 5.32 Å². The quantitative estimate of drug-likeness (QED) is 0.450. The van der Waals surface area contributed by atoms with Crippen LogP contribution in [-0.4, -0.2) is 18.8 Å². The molecule has 0 unspecified atom stereocenters. The van der Waals surface area contributed by atoms with E-state index in [1.165, 1.54) is 0 Å². The van der Waals surface area contributed by atoms with Crippen LogP contribution in [0.15, 0.2) is 0 Å². The summed E-state index contributed by atoms with van der Waals surface area (Å²) in [6.07, 6.45) is -0.579. The van der Waals surface area contributed by atoms with E-state index >= 15 is 0 Å². The van der Waals surface area contributed by atoms with Gasteiger partial charge in [-0.2, -0.15) is 0 Å². The molecule has 1 saturated heterocycles. The molecule has 0 amide bonds. The first-order valence-corrected chi connectivity index (χ1v) is 2.18. The Balaban J connectivity index is 2.20. The van der Waals surface area contributed by atoms with Gasteiger partial charge >= 0.3 is 0 Å². The maximum Gasteiger partial charge on any atom is 0.127 e. The first-order valence-electron chi connectivity index (χ1n) is 2.18. The van der Waals surface area contributed by atoms with E-state index < -0.39 is 6.17 Å². The summed E-state index contributed by atoms with van der Waals surface area (Å²) < 4.78 is 11.8. The molecule has 2 atom stereocenters. The van der Waals surface area contributed by atoms with Crippen molar-refractivity contribution < 1.29 is 4.39 Å². The summed E-state index contributed by atoms with van der Waals surface area (Å²) >= 11 is 0. The van der Waals surface area contributed by atoms with Crippen LogP contribution in [0.1, 0.15) is 6.92 Å². The second-order valence-corrected chi connectivity index (χ2v) is 1.71. The monoisotopic (exact) mass is 89.1 g/mol. The molecule has 1 aliphatic rings. The topological polar surface area (TPSA) is 12.0 Å². The van der Waals surface area contributed by atoms with E-state index in [2.05, 4.69) is 5.32 Å². The molecule has 1 N–H and O–H groups in total. The van der Waals surface area contributed by atoms with Gasteiger partial charge in [0.1, 0.15) is 6.17 Å². The molecule has 1 nitrogen and oxygen atoms in total. The fraction of sp³-hybridized carbons (Fsp3) is 1.00. The molecule has 0 bridgehead atoms. The molecule has 0 spiro atoms. The summed E-state index contributed by atoms with van der Waals surface area (Å²) in [4.78, 5) is 0. The lowest BCUT2D eigenvalue weighted by Crippen LogP contribution is -2.52. The van der Waals surface area contributed by atoms with Crippen LogP contribution >= 0.6 is 0 Å². The predicted octanol–water partition coefficient (Wildman–Crippen LogP) is 0.316. The minimum absolute atomic E-state index is 0.116. The molecule has 1 fully saturated rings. The van der Waals surface area contributed by atoms with Crippen LogP contribution in [0.5, 0.6) is 0 Å². The summed E-state index contributed by atoms with van der Waals surface area (Å²) in [6.45, 7) is 2.40. The highest BCUT2D eigenvalue weighted by atomic mass is 19.1. The average molecular weight is 89.1 g/mol. The third-order valence-corrected chi connectivity index (χ3v) is 1.18. The van der Waals surface area contributed by atoms with E-state index in [0.29, 0.717) is 6.54 Å². The van der Waals surface area contributed by atoms with Gasteiger partial charge in [0.15, 0.2) is 0 Å². The predicted molar refractivity (Wildman–Crippen MR) is 22.4 cm³/mol. The van der Waals surface area contributed by atoms with Gasteiger partial charge in [0.2, 0.25) is 0 Å². The Morgan fingerprint density at radius 2 is 2.33 bits per heavy atom. The molecule has 0 aliphatic carbocycles. The van der Waals surface area contributed by atoms with E-state index in [1.54, 1.807) is 0 Å². The summed E-state index contributed by atoms with van der Waals surface area (Å²) in [5, 5.41) is 2.88. The van der Waals surface area contributed by atoms with Gasteiger partial charge < -0.3 is 5.32 Å². The fourth-order valence-electron chi connectivity index (χ4n) is 0.443. The maximum atomic E-state index is 11.8. The Labute approximate surface area is 36.5 Å². The SMILES string of the molecule is C[C@H]1NC[C@@H]1F. The van der Waals surface area contributed by atoms with Gasteiger partial charge in [-0.25, -0.2) is 4.39 Å². The molecule has 1 aliphatic heterocycles. The van der Waals surface area contributed by atoms with Crippen molar-refractivity contribution in [2.24, 2.45) is 0 Å². The molecule has 0 aromatic carbocycles. The van der Waals surface area contributed by atoms with Gasteiger partial charge in [-0.1, -0.05) is 0 Å². The Kier molecular flexibility index (Phi) is 0.804. The fourth-order valence-corrected chi connectivity index (χ4v) is 0.443. The van der Waals surface area contributed by atoms with Crippen LogP contribution in [0.3, 0.4) is 0 Å². The molecule has 0 radical (unpaired) electrons. The van der Waals surface area contributed by atoms with Crippen LogP contribution in [0, 0.1) is 0 Å². The normalized spacial score (nSPS) is 45.0. The van der Waals surface area contributed by atoms with Gasteiger partial charge in [-0.15, -0.1) is 0 Å². The zero-order valence-electron chi connectivity index (χ0n) is 3.74. The van der Waals surface area contributed by atoms with Gasteiger partial charge in [0, 0.05) is 12.6 Å². The minimum Gasteiger partial charge on any atom is -0.308 e. The van der Waals surface area contributed by atoms with Crippen molar-refractivity contribution in [3.8, 4) is 0 Å². The van der Waals surface area contributed by atoms with Crippen molar-refractivity contribution in [2.75, 3.05) is 6.54 Å². The lowest BCUT2D eigenvalue weighted by atomic mass is 10.1. The highest BCUT2D eigenvalue weighted by Crippen LogP contribution is 2.05.